The number of carbonyl (C=O) groups excluding carboxylic acids is 1. The fraction of sp³-hybridized carbons (Fsp3) is 0.118. The Morgan fingerprint density at radius 3 is 2.88 bits per heavy atom. The van der Waals surface area contributed by atoms with E-state index in [-0.39, 0.29) is 5.91 Å². The van der Waals surface area contributed by atoms with Gasteiger partial charge in [0.15, 0.2) is 0 Å². The van der Waals surface area contributed by atoms with Gasteiger partial charge in [0.1, 0.15) is 6.04 Å². The number of fused-ring (bicyclic) bond motifs is 1. The van der Waals surface area contributed by atoms with Crippen LogP contribution in [-0.4, -0.2) is 31.1 Å². The Morgan fingerprint density at radius 2 is 2.12 bits per heavy atom. The lowest BCUT2D eigenvalue weighted by Crippen LogP contribution is -2.31. The van der Waals surface area contributed by atoms with Gasteiger partial charge in [0.25, 0.3) is 5.91 Å². The molecule has 1 aromatic carbocycles. The van der Waals surface area contributed by atoms with Gasteiger partial charge in [-0.2, -0.15) is 4.68 Å². The number of pyridine rings is 1. The molecule has 1 amide bonds. The van der Waals surface area contributed by atoms with Crippen LogP contribution in [0.15, 0.2) is 60.1 Å². The molecule has 0 unspecified atom stereocenters. The molecule has 0 radical (unpaired) electrons. The molecule has 0 saturated carbocycles. The molecule has 2 N–H and O–H groups in total. The Morgan fingerprint density at radius 1 is 1.27 bits per heavy atom. The van der Waals surface area contributed by atoms with Crippen molar-refractivity contribution in [2.75, 3.05) is 10.6 Å². The van der Waals surface area contributed by atoms with Gasteiger partial charge < -0.3 is 10.6 Å². The van der Waals surface area contributed by atoms with Crippen molar-refractivity contribution >= 4 is 29.1 Å². The molecule has 1 aliphatic heterocycles. The number of hydrogen-bond donors (Lipinski definition) is 2. The molecule has 130 valence electrons. The number of anilines is 2. The van der Waals surface area contributed by atoms with Crippen molar-refractivity contribution in [3.63, 3.8) is 0 Å². The molecule has 3 heterocycles. The van der Waals surface area contributed by atoms with Crippen molar-refractivity contribution in [3.05, 3.63) is 70.6 Å². The third-order valence-corrected chi connectivity index (χ3v) is 4.42. The first-order valence-electron chi connectivity index (χ1n) is 7.86. The Kier molecular flexibility index (Phi) is 4.10. The number of amides is 1. The van der Waals surface area contributed by atoms with Gasteiger partial charge in [0.05, 0.1) is 17.5 Å². The lowest BCUT2D eigenvalue weighted by molar-refractivity contribution is -0.113. The number of nitrogens with zero attached hydrogens (tertiary/aromatic N) is 5. The van der Waals surface area contributed by atoms with E-state index in [1.165, 1.54) is 0 Å². The predicted molar refractivity (Wildman–Crippen MR) is 96.6 cm³/mol. The maximum atomic E-state index is 13.0. The van der Waals surface area contributed by atoms with Crippen LogP contribution in [0.5, 0.6) is 0 Å². The second-order valence-corrected chi connectivity index (χ2v) is 6.14. The summed E-state index contributed by atoms with van der Waals surface area (Å²) in [6.07, 6.45) is 3.22. The van der Waals surface area contributed by atoms with E-state index in [9.17, 15) is 4.79 Å². The van der Waals surface area contributed by atoms with Crippen molar-refractivity contribution < 1.29 is 4.79 Å². The van der Waals surface area contributed by atoms with Gasteiger partial charge in [-0.25, -0.2) is 0 Å². The highest BCUT2D eigenvalue weighted by molar-refractivity contribution is 6.31. The summed E-state index contributed by atoms with van der Waals surface area (Å²) in [5.41, 5.74) is 2.46. The third-order valence-electron chi connectivity index (χ3n) is 4.08. The standard InChI is InChI=1S/C17H14ClN7O/c1-10-14(16(26)21-11-5-4-8-19-9-11)15(12-6-2-3-7-13(12)18)25-17(20-10)22-23-24-25/h2-9,15H,1H3,(H,21,26)(H,20,22,24)/t15-/m0/s1. The minimum Gasteiger partial charge on any atom is -0.326 e. The summed E-state index contributed by atoms with van der Waals surface area (Å²) >= 11 is 6.40. The molecule has 4 rings (SSSR count). The highest BCUT2D eigenvalue weighted by Gasteiger charge is 2.35. The first-order valence-corrected chi connectivity index (χ1v) is 8.24. The minimum absolute atomic E-state index is 0.283. The molecular formula is C17H14ClN7O. The summed E-state index contributed by atoms with van der Waals surface area (Å²) in [7, 11) is 0. The van der Waals surface area contributed by atoms with Crippen molar-refractivity contribution in [2.24, 2.45) is 0 Å². The number of nitrogens with one attached hydrogen (secondary N) is 2. The quantitative estimate of drug-likeness (QED) is 0.738. The maximum absolute atomic E-state index is 13.0. The molecule has 8 nitrogen and oxygen atoms in total. The van der Waals surface area contributed by atoms with Crippen LogP contribution >= 0.6 is 11.6 Å². The lowest BCUT2D eigenvalue weighted by Gasteiger charge is -2.28. The molecule has 1 atom stereocenters. The number of tetrazole rings is 1. The summed E-state index contributed by atoms with van der Waals surface area (Å²) in [5.74, 6) is 0.166. The van der Waals surface area contributed by atoms with E-state index >= 15 is 0 Å². The number of benzene rings is 1. The average Bonchev–Trinajstić information content (AvgIpc) is 3.10. The Bertz CT molecular complexity index is 999. The predicted octanol–water partition coefficient (Wildman–Crippen LogP) is 2.65. The first-order chi connectivity index (χ1) is 12.6. The Balaban J connectivity index is 1.80. The fourth-order valence-electron chi connectivity index (χ4n) is 2.93. The number of aromatic nitrogens is 5. The molecule has 0 aliphatic carbocycles. The molecular weight excluding hydrogens is 354 g/mol. The first kappa shape index (κ1) is 16.2. The summed E-state index contributed by atoms with van der Waals surface area (Å²) in [4.78, 5) is 17.1. The van der Waals surface area contributed by atoms with Gasteiger partial charge >= 0.3 is 0 Å². The molecule has 1 aliphatic rings. The SMILES string of the molecule is CC1=C(C(=O)Nc2cccnc2)[C@H](c2ccccc2Cl)n2nnnc2N1. The Labute approximate surface area is 153 Å². The number of hydrogen-bond acceptors (Lipinski definition) is 6. The van der Waals surface area contributed by atoms with Gasteiger partial charge in [-0.15, -0.1) is 0 Å². The van der Waals surface area contributed by atoms with Gasteiger partial charge in [-0.05, 0) is 35.5 Å². The van der Waals surface area contributed by atoms with E-state index in [2.05, 4.69) is 31.1 Å². The summed E-state index contributed by atoms with van der Waals surface area (Å²) in [6, 6.07) is 10.3. The van der Waals surface area contributed by atoms with Crippen molar-refractivity contribution in [1.29, 1.82) is 0 Å². The van der Waals surface area contributed by atoms with Gasteiger partial charge in [-0.1, -0.05) is 34.9 Å². The average molecular weight is 368 g/mol. The van der Waals surface area contributed by atoms with Crippen LogP contribution in [0, 0.1) is 0 Å². The topological polar surface area (TPSA) is 97.6 Å². The summed E-state index contributed by atoms with van der Waals surface area (Å²) in [6.45, 7) is 1.81. The normalized spacial score (nSPS) is 16.0. The van der Waals surface area contributed by atoms with Crippen LogP contribution in [0.4, 0.5) is 11.6 Å². The van der Waals surface area contributed by atoms with Gasteiger partial charge in [0, 0.05) is 22.5 Å². The second kappa shape index (κ2) is 6.57. The lowest BCUT2D eigenvalue weighted by atomic mass is 9.95. The highest BCUT2D eigenvalue weighted by Crippen LogP contribution is 2.37. The van der Waals surface area contributed by atoms with E-state index < -0.39 is 6.04 Å². The number of halogens is 1. The van der Waals surface area contributed by atoms with Crippen LogP contribution in [-0.2, 0) is 4.79 Å². The van der Waals surface area contributed by atoms with Crippen LogP contribution in [0.1, 0.15) is 18.5 Å². The van der Waals surface area contributed by atoms with Crippen LogP contribution in [0.25, 0.3) is 0 Å². The molecule has 2 aromatic heterocycles. The van der Waals surface area contributed by atoms with Crippen LogP contribution in [0.3, 0.4) is 0 Å². The monoisotopic (exact) mass is 367 g/mol. The molecule has 9 heteroatoms. The van der Waals surface area contributed by atoms with Gasteiger partial charge in [0.2, 0.25) is 5.95 Å². The van der Waals surface area contributed by atoms with Crippen molar-refractivity contribution in [3.8, 4) is 0 Å². The van der Waals surface area contributed by atoms with Crippen molar-refractivity contribution in [1.82, 2.24) is 25.2 Å². The fourth-order valence-corrected chi connectivity index (χ4v) is 3.17. The highest BCUT2D eigenvalue weighted by atomic mass is 35.5. The molecule has 0 saturated heterocycles. The van der Waals surface area contributed by atoms with Crippen LogP contribution in [0.2, 0.25) is 5.02 Å². The maximum Gasteiger partial charge on any atom is 0.255 e. The molecule has 0 fully saturated rings. The molecule has 0 bridgehead atoms. The number of rotatable bonds is 3. The van der Waals surface area contributed by atoms with E-state index in [0.717, 1.165) is 5.56 Å². The number of carbonyl (C=O) groups is 1. The zero-order valence-electron chi connectivity index (χ0n) is 13.7. The van der Waals surface area contributed by atoms with Crippen molar-refractivity contribution in [2.45, 2.75) is 13.0 Å². The van der Waals surface area contributed by atoms with E-state index in [1.807, 2.05) is 18.2 Å². The third kappa shape index (κ3) is 2.80. The summed E-state index contributed by atoms with van der Waals surface area (Å²) < 4.78 is 1.55. The summed E-state index contributed by atoms with van der Waals surface area (Å²) in [5, 5.41) is 18.2. The Hall–Kier alpha value is -3.26. The van der Waals surface area contributed by atoms with E-state index in [4.69, 9.17) is 11.6 Å². The zero-order chi connectivity index (χ0) is 18.1. The molecule has 26 heavy (non-hydrogen) atoms. The van der Waals surface area contributed by atoms with E-state index in [1.54, 1.807) is 42.2 Å². The largest absolute Gasteiger partial charge is 0.326 e. The van der Waals surface area contributed by atoms with Crippen LogP contribution < -0.4 is 10.6 Å². The smallest absolute Gasteiger partial charge is 0.255 e. The molecule has 3 aromatic rings. The second-order valence-electron chi connectivity index (χ2n) is 5.73. The van der Waals surface area contributed by atoms with E-state index in [0.29, 0.717) is 27.9 Å². The zero-order valence-corrected chi connectivity index (χ0v) is 14.5. The van der Waals surface area contributed by atoms with Gasteiger partial charge in [-0.3, -0.25) is 9.78 Å². The molecule has 0 spiro atoms. The number of allylic oxidation sites excluding steroid dienone is 1. The minimum atomic E-state index is -0.549.